The van der Waals surface area contributed by atoms with Crippen LogP contribution in [0.3, 0.4) is 0 Å². The van der Waals surface area contributed by atoms with Gasteiger partial charge in [0, 0.05) is 30.3 Å². The Morgan fingerprint density at radius 2 is 2.00 bits per heavy atom. The van der Waals surface area contributed by atoms with Crippen LogP contribution in [-0.2, 0) is 10.2 Å². The zero-order valence-electron chi connectivity index (χ0n) is 15.8. The van der Waals surface area contributed by atoms with E-state index in [0.717, 1.165) is 18.4 Å². The van der Waals surface area contributed by atoms with E-state index in [-0.39, 0.29) is 23.7 Å². The summed E-state index contributed by atoms with van der Waals surface area (Å²) in [5, 5.41) is 8.96. The summed E-state index contributed by atoms with van der Waals surface area (Å²) < 4.78 is 14.1. The maximum Gasteiger partial charge on any atom is 0.243 e. The minimum Gasteiger partial charge on any atom is -0.356 e. The van der Waals surface area contributed by atoms with E-state index in [1.54, 1.807) is 37.4 Å². The number of nitrogens with zero attached hydrogens (tertiary/aromatic N) is 1. The number of carbonyl (C=O) groups is 1. The Morgan fingerprint density at radius 3 is 2.68 bits per heavy atom. The molecule has 0 bridgehead atoms. The SMILES string of the molecule is C#Cc1cccc(NC(=O)CNC(=NC)NCC2(c3ccccc3F)CC2)c1. The van der Waals surface area contributed by atoms with Crippen LogP contribution in [0.15, 0.2) is 53.5 Å². The van der Waals surface area contributed by atoms with Crippen LogP contribution >= 0.6 is 0 Å². The molecule has 1 fully saturated rings. The monoisotopic (exact) mass is 378 g/mol. The second-order valence-electron chi connectivity index (χ2n) is 6.81. The topological polar surface area (TPSA) is 65.5 Å². The molecule has 1 aliphatic carbocycles. The summed E-state index contributed by atoms with van der Waals surface area (Å²) in [7, 11) is 1.63. The highest BCUT2D eigenvalue weighted by molar-refractivity contribution is 5.95. The number of benzene rings is 2. The normalized spacial score (nSPS) is 14.7. The number of anilines is 1. The van der Waals surface area contributed by atoms with E-state index >= 15 is 0 Å². The number of guanidine groups is 1. The van der Waals surface area contributed by atoms with E-state index in [1.807, 2.05) is 12.1 Å². The number of hydrogen-bond acceptors (Lipinski definition) is 2. The summed E-state index contributed by atoms with van der Waals surface area (Å²) in [4.78, 5) is 16.3. The first kappa shape index (κ1) is 19.4. The summed E-state index contributed by atoms with van der Waals surface area (Å²) in [5.41, 5.74) is 1.86. The zero-order valence-corrected chi connectivity index (χ0v) is 15.8. The third kappa shape index (κ3) is 4.68. The zero-order chi connectivity index (χ0) is 20.0. The second kappa shape index (κ2) is 8.57. The number of amides is 1. The smallest absolute Gasteiger partial charge is 0.243 e. The van der Waals surface area contributed by atoms with Crippen LogP contribution in [0.5, 0.6) is 0 Å². The molecule has 28 heavy (non-hydrogen) atoms. The molecular weight excluding hydrogens is 355 g/mol. The average molecular weight is 378 g/mol. The van der Waals surface area contributed by atoms with Gasteiger partial charge in [0.05, 0.1) is 6.54 Å². The summed E-state index contributed by atoms with van der Waals surface area (Å²) >= 11 is 0. The van der Waals surface area contributed by atoms with Gasteiger partial charge in [-0.2, -0.15) is 0 Å². The Hall–Kier alpha value is -3.33. The summed E-state index contributed by atoms with van der Waals surface area (Å²) in [5.74, 6) is 2.63. The van der Waals surface area contributed by atoms with E-state index in [0.29, 0.717) is 23.8 Å². The number of terminal acetylenes is 1. The van der Waals surface area contributed by atoms with Gasteiger partial charge < -0.3 is 16.0 Å². The fourth-order valence-electron chi connectivity index (χ4n) is 3.11. The number of hydrogen-bond donors (Lipinski definition) is 3. The first-order valence-corrected chi connectivity index (χ1v) is 9.12. The van der Waals surface area contributed by atoms with Gasteiger partial charge in [0.1, 0.15) is 5.82 Å². The third-order valence-electron chi connectivity index (χ3n) is 4.85. The van der Waals surface area contributed by atoms with Gasteiger partial charge >= 0.3 is 0 Å². The quantitative estimate of drug-likeness (QED) is 0.411. The maximum atomic E-state index is 14.1. The van der Waals surface area contributed by atoms with E-state index in [2.05, 4.69) is 26.9 Å². The average Bonchev–Trinajstić information content (AvgIpc) is 3.49. The molecule has 0 unspecified atom stereocenters. The standard InChI is InChI=1S/C22H23FN4O/c1-3-16-7-6-8-17(13-16)27-20(28)14-25-21(24-2)26-15-22(11-12-22)18-9-4-5-10-19(18)23/h1,4-10,13H,11-12,14-15H2,2H3,(H,27,28)(H2,24,25,26). The summed E-state index contributed by atoms with van der Waals surface area (Å²) in [6.45, 7) is 0.603. The molecule has 0 radical (unpaired) electrons. The number of aliphatic imine (C=N–C) groups is 1. The van der Waals surface area contributed by atoms with Crippen molar-refractivity contribution in [1.29, 1.82) is 0 Å². The van der Waals surface area contributed by atoms with Crippen molar-refractivity contribution in [3.05, 3.63) is 65.5 Å². The van der Waals surface area contributed by atoms with Crippen LogP contribution in [0.2, 0.25) is 0 Å². The van der Waals surface area contributed by atoms with Gasteiger partial charge in [0.2, 0.25) is 5.91 Å². The summed E-state index contributed by atoms with van der Waals surface area (Å²) in [6.07, 6.45) is 7.21. The van der Waals surface area contributed by atoms with Gasteiger partial charge in [-0.25, -0.2) is 4.39 Å². The van der Waals surface area contributed by atoms with Crippen LogP contribution in [0.4, 0.5) is 10.1 Å². The Labute approximate surface area is 164 Å². The van der Waals surface area contributed by atoms with Crippen molar-refractivity contribution in [3.8, 4) is 12.3 Å². The minimum atomic E-state index is -0.215. The molecule has 0 atom stereocenters. The third-order valence-corrected chi connectivity index (χ3v) is 4.85. The molecule has 6 heteroatoms. The Bertz CT molecular complexity index is 928. The predicted molar refractivity (Wildman–Crippen MR) is 110 cm³/mol. The molecule has 1 aliphatic rings. The minimum absolute atomic E-state index is 0.0483. The Kier molecular flexibility index (Phi) is 5.95. The molecular formula is C22H23FN4O. The number of carbonyl (C=O) groups excluding carboxylic acids is 1. The van der Waals surface area contributed by atoms with Crippen molar-refractivity contribution in [2.24, 2.45) is 4.99 Å². The van der Waals surface area contributed by atoms with E-state index < -0.39 is 0 Å². The molecule has 2 aromatic carbocycles. The lowest BCUT2D eigenvalue weighted by molar-refractivity contribution is -0.115. The van der Waals surface area contributed by atoms with Crippen LogP contribution in [-0.4, -0.2) is 32.0 Å². The van der Waals surface area contributed by atoms with Crippen LogP contribution < -0.4 is 16.0 Å². The van der Waals surface area contributed by atoms with Gasteiger partial charge in [0.25, 0.3) is 0 Å². The molecule has 0 aromatic heterocycles. The van der Waals surface area contributed by atoms with E-state index in [9.17, 15) is 9.18 Å². The van der Waals surface area contributed by atoms with Crippen molar-refractivity contribution in [1.82, 2.24) is 10.6 Å². The molecule has 3 N–H and O–H groups in total. The van der Waals surface area contributed by atoms with Crippen molar-refractivity contribution in [3.63, 3.8) is 0 Å². The highest BCUT2D eigenvalue weighted by atomic mass is 19.1. The van der Waals surface area contributed by atoms with Crippen molar-refractivity contribution < 1.29 is 9.18 Å². The van der Waals surface area contributed by atoms with Gasteiger partial charge in [0.15, 0.2) is 5.96 Å². The van der Waals surface area contributed by atoms with E-state index in [1.165, 1.54) is 6.07 Å². The Balaban J connectivity index is 1.50. The molecule has 0 heterocycles. The lowest BCUT2D eigenvalue weighted by atomic mass is 9.95. The molecule has 1 saturated carbocycles. The van der Waals surface area contributed by atoms with E-state index in [4.69, 9.17) is 6.42 Å². The van der Waals surface area contributed by atoms with Gasteiger partial charge in [-0.05, 0) is 42.7 Å². The first-order chi connectivity index (χ1) is 13.6. The first-order valence-electron chi connectivity index (χ1n) is 9.12. The van der Waals surface area contributed by atoms with Crippen molar-refractivity contribution in [2.75, 3.05) is 25.5 Å². The highest BCUT2D eigenvalue weighted by Crippen LogP contribution is 2.48. The molecule has 1 amide bonds. The fourth-order valence-corrected chi connectivity index (χ4v) is 3.11. The number of nitrogens with one attached hydrogen (secondary N) is 3. The van der Waals surface area contributed by atoms with Crippen LogP contribution in [0.1, 0.15) is 24.0 Å². The second-order valence-corrected chi connectivity index (χ2v) is 6.81. The van der Waals surface area contributed by atoms with Gasteiger partial charge in [-0.1, -0.05) is 30.2 Å². The fraction of sp³-hybridized carbons (Fsp3) is 0.273. The molecule has 5 nitrogen and oxygen atoms in total. The predicted octanol–water partition coefficient (Wildman–Crippen LogP) is 2.64. The van der Waals surface area contributed by atoms with Crippen molar-refractivity contribution >= 4 is 17.6 Å². The molecule has 0 aliphatic heterocycles. The number of rotatable bonds is 6. The molecule has 0 spiro atoms. The lowest BCUT2D eigenvalue weighted by Gasteiger charge is -2.19. The van der Waals surface area contributed by atoms with Crippen LogP contribution in [0.25, 0.3) is 0 Å². The van der Waals surface area contributed by atoms with Gasteiger partial charge in [-0.15, -0.1) is 6.42 Å². The maximum absolute atomic E-state index is 14.1. The molecule has 0 saturated heterocycles. The number of halogens is 1. The highest BCUT2D eigenvalue weighted by Gasteiger charge is 2.45. The molecule has 3 rings (SSSR count). The Morgan fingerprint density at radius 1 is 1.21 bits per heavy atom. The van der Waals surface area contributed by atoms with Gasteiger partial charge in [-0.3, -0.25) is 9.79 Å². The summed E-state index contributed by atoms with van der Waals surface area (Å²) in [6, 6.07) is 14.0. The lowest BCUT2D eigenvalue weighted by Crippen LogP contribution is -2.44. The molecule has 144 valence electrons. The largest absolute Gasteiger partial charge is 0.356 e. The molecule has 2 aromatic rings. The van der Waals surface area contributed by atoms with Crippen LogP contribution in [0, 0.1) is 18.2 Å². The van der Waals surface area contributed by atoms with Crippen molar-refractivity contribution in [2.45, 2.75) is 18.3 Å².